The second-order valence-corrected chi connectivity index (χ2v) is 6.35. The number of nitrogens with one attached hydrogen (secondary N) is 1. The molecule has 2 aromatic carbocycles. The molecule has 0 aliphatic heterocycles. The summed E-state index contributed by atoms with van der Waals surface area (Å²) in [5, 5.41) is 2.87. The summed E-state index contributed by atoms with van der Waals surface area (Å²) in [6.07, 6.45) is 2.97. The molecule has 3 rings (SSSR count). The number of hydrogen-bond donors (Lipinski definition) is 1. The molecule has 0 saturated heterocycles. The highest BCUT2D eigenvalue weighted by molar-refractivity contribution is 8.00. The minimum Gasteiger partial charge on any atom is -0.497 e. The van der Waals surface area contributed by atoms with Gasteiger partial charge in [0.1, 0.15) is 11.5 Å². The van der Waals surface area contributed by atoms with Crippen LogP contribution >= 0.6 is 11.8 Å². The van der Waals surface area contributed by atoms with Crippen molar-refractivity contribution < 1.29 is 18.7 Å². The molecule has 6 nitrogen and oxygen atoms in total. The third-order valence-corrected chi connectivity index (χ3v) is 4.59. The van der Waals surface area contributed by atoms with Crippen LogP contribution in [-0.4, -0.2) is 30.9 Å². The highest BCUT2D eigenvalue weighted by Gasteiger charge is 2.11. The van der Waals surface area contributed by atoms with Crippen LogP contribution in [0.1, 0.15) is 0 Å². The van der Waals surface area contributed by atoms with Crippen LogP contribution in [0.3, 0.4) is 0 Å². The molecule has 134 valence electrons. The monoisotopic (exact) mass is 370 g/mol. The Kier molecular flexibility index (Phi) is 5.80. The minimum atomic E-state index is -0.104. The number of thioether (sulfide) groups is 1. The Morgan fingerprint density at radius 1 is 1.19 bits per heavy atom. The van der Waals surface area contributed by atoms with Gasteiger partial charge < -0.3 is 19.2 Å². The maximum Gasteiger partial charge on any atom is 0.234 e. The number of aromatic nitrogens is 1. The lowest BCUT2D eigenvalue weighted by atomic mass is 10.1. The van der Waals surface area contributed by atoms with Crippen LogP contribution < -0.4 is 14.8 Å². The molecule has 0 unspecified atom stereocenters. The van der Waals surface area contributed by atoms with Crippen molar-refractivity contribution in [3.63, 3.8) is 0 Å². The van der Waals surface area contributed by atoms with Gasteiger partial charge in [-0.05, 0) is 30.3 Å². The molecule has 0 saturated carbocycles. The fourth-order valence-corrected chi connectivity index (χ4v) is 3.10. The Bertz CT molecular complexity index is 881. The van der Waals surface area contributed by atoms with Gasteiger partial charge >= 0.3 is 0 Å². The van der Waals surface area contributed by atoms with Crippen LogP contribution in [0, 0.1) is 0 Å². The Labute approximate surface area is 155 Å². The van der Waals surface area contributed by atoms with Crippen molar-refractivity contribution in [1.82, 2.24) is 4.98 Å². The first kappa shape index (κ1) is 17.9. The Morgan fingerprint density at radius 2 is 2.08 bits per heavy atom. The van der Waals surface area contributed by atoms with Gasteiger partial charge in [-0.2, -0.15) is 0 Å². The molecule has 26 heavy (non-hydrogen) atoms. The van der Waals surface area contributed by atoms with E-state index in [1.165, 1.54) is 18.2 Å². The van der Waals surface area contributed by atoms with Crippen molar-refractivity contribution in [1.29, 1.82) is 0 Å². The van der Waals surface area contributed by atoms with E-state index >= 15 is 0 Å². The number of hydrogen-bond acceptors (Lipinski definition) is 6. The van der Waals surface area contributed by atoms with Gasteiger partial charge in [-0.1, -0.05) is 6.07 Å². The third-order valence-electron chi connectivity index (χ3n) is 3.59. The number of carbonyl (C=O) groups excluding carboxylic acids is 1. The van der Waals surface area contributed by atoms with Crippen molar-refractivity contribution in [3.8, 4) is 22.8 Å². The highest BCUT2D eigenvalue weighted by Crippen LogP contribution is 2.32. The van der Waals surface area contributed by atoms with Crippen molar-refractivity contribution in [2.24, 2.45) is 0 Å². The SMILES string of the molecule is COc1cccc(SCC(=O)Nc2ccc(-c3cnco3)c(OC)c2)c1. The lowest BCUT2D eigenvalue weighted by Gasteiger charge is -2.10. The predicted molar refractivity (Wildman–Crippen MR) is 101 cm³/mol. The molecular formula is C19H18N2O4S. The van der Waals surface area contributed by atoms with E-state index in [9.17, 15) is 4.79 Å². The molecule has 1 heterocycles. The predicted octanol–water partition coefficient (Wildman–Crippen LogP) is 4.09. The van der Waals surface area contributed by atoms with Crippen molar-refractivity contribution >= 4 is 23.4 Å². The van der Waals surface area contributed by atoms with E-state index in [2.05, 4.69) is 10.3 Å². The van der Waals surface area contributed by atoms with E-state index < -0.39 is 0 Å². The molecule has 0 aliphatic rings. The molecule has 0 atom stereocenters. The fraction of sp³-hybridized carbons (Fsp3) is 0.158. The maximum absolute atomic E-state index is 12.2. The lowest BCUT2D eigenvalue weighted by Crippen LogP contribution is -2.14. The first-order valence-electron chi connectivity index (χ1n) is 7.83. The van der Waals surface area contributed by atoms with Crippen LogP contribution in [0.5, 0.6) is 11.5 Å². The van der Waals surface area contributed by atoms with Crippen LogP contribution in [0.4, 0.5) is 5.69 Å². The smallest absolute Gasteiger partial charge is 0.234 e. The van der Waals surface area contributed by atoms with Crippen molar-refractivity contribution in [2.45, 2.75) is 4.90 Å². The summed E-state index contributed by atoms with van der Waals surface area (Å²) in [4.78, 5) is 17.1. The summed E-state index contributed by atoms with van der Waals surface area (Å²) in [5.74, 6) is 2.16. The van der Waals surface area contributed by atoms with Crippen LogP contribution in [0.25, 0.3) is 11.3 Å². The van der Waals surface area contributed by atoms with Gasteiger partial charge in [0, 0.05) is 16.6 Å². The van der Waals surface area contributed by atoms with Crippen LogP contribution in [0.2, 0.25) is 0 Å². The quantitative estimate of drug-likeness (QED) is 0.632. The number of anilines is 1. The summed E-state index contributed by atoms with van der Waals surface area (Å²) in [5.41, 5.74) is 1.43. The zero-order valence-corrected chi connectivity index (χ0v) is 15.2. The molecule has 0 fully saturated rings. The number of benzene rings is 2. The summed E-state index contributed by atoms with van der Waals surface area (Å²) in [6.45, 7) is 0. The van der Waals surface area contributed by atoms with Gasteiger partial charge in [0.25, 0.3) is 0 Å². The van der Waals surface area contributed by atoms with Crippen molar-refractivity contribution in [3.05, 3.63) is 55.1 Å². The zero-order chi connectivity index (χ0) is 18.4. The molecule has 1 amide bonds. The summed E-state index contributed by atoms with van der Waals surface area (Å²) in [7, 11) is 3.19. The largest absolute Gasteiger partial charge is 0.497 e. The number of oxazole rings is 1. The average molecular weight is 370 g/mol. The topological polar surface area (TPSA) is 73.6 Å². The first-order valence-corrected chi connectivity index (χ1v) is 8.82. The second-order valence-electron chi connectivity index (χ2n) is 5.30. The molecule has 0 aliphatic carbocycles. The molecule has 0 spiro atoms. The average Bonchev–Trinajstić information content (AvgIpc) is 3.21. The lowest BCUT2D eigenvalue weighted by molar-refractivity contribution is -0.113. The Balaban J connectivity index is 1.63. The van der Waals surface area contributed by atoms with Gasteiger partial charge in [0.2, 0.25) is 5.91 Å². The highest BCUT2D eigenvalue weighted by atomic mass is 32.2. The standard InChI is InChI=1S/C19H18N2O4S/c1-23-14-4-3-5-15(9-14)26-11-19(22)21-13-6-7-16(17(8-13)24-2)18-10-20-12-25-18/h3-10,12H,11H2,1-2H3,(H,21,22). The Morgan fingerprint density at radius 3 is 2.81 bits per heavy atom. The third kappa shape index (κ3) is 4.37. The normalized spacial score (nSPS) is 10.4. The second kappa shape index (κ2) is 8.44. The first-order chi connectivity index (χ1) is 12.7. The van der Waals surface area contributed by atoms with E-state index in [1.807, 2.05) is 30.3 Å². The number of rotatable bonds is 7. The molecule has 3 aromatic rings. The maximum atomic E-state index is 12.2. The summed E-state index contributed by atoms with van der Waals surface area (Å²) < 4.78 is 15.9. The molecule has 0 radical (unpaired) electrons. The minimum absolute atomic E-state index is 0.104. The van der Waals surface area contributed by atoms with Gasteiger partial charge in [-0.25, -0.2) is 4.98 Å². The van der Waals surface area contributed by atoms with Gasteiger partial charge in [0.15, 0.2) is 12.2 Å². The van der Waals surface area contributed by atoms with Gasteiger partial charge in [-0.15, -0.1) is 11.8 Å². The van der Waals surface area contributed by atoms with Gasteiger partial charge in [-0.3, -0.25) is 4.79 Å². The number of methoxy groups -OCH3 is 2. The van der Waals surface area contributed by atoms with Crippen molar-refractivity contribution in [2.75, 3.05) is 25.3 Å². The van der Waals surface area contributed by atoms with Crippen LogP contribution in [-0.2, 0) is 4.79 Å². The van der Waals surface area contributed by atoms with E-state index in [1.54, 1.807) is 32.5 Å². The Hall–Kier alpha value is -2.93. The summed E-state index contributed by atoms with van der Waals surface area (Å²) in [6, 6.07) is 13.0. The fourth-order valence-electron chi connectivity index (χ4n) is 2.36. The van der Waals surface area contributed by atoms with Crippen LogP contribution in [0.15, 0.2) is 64.4 Å². The number of ether oxygens (including phenoxy) is 2. The number of amides is 1. The van der Waals surface area contributed by atoms with E-state index in [0.29, 0.717) is 22.9 Å². The summed E-state index contributed by atoms with van der Waals surface area (Å²) >= 11 is 1.44. The molecular weight excluding hydrogens is 352 g/mol. The molecule has 1 N–H and O–H groups in total. The zero-order valence-electron chi connectivity index (χ0n) is 14.4. The number of nitrogens with zero attached hydrogens (tertiary/aromatic N) is 1. The number of carbonyl (C=O) groups is 1. The molecule has 1 aromatic heterocycles. The van der Waals surface area contributed by atoms with E-state index in [0.717, 1.165) is 16.2 Å². The van der Waals surface area contributed by atoms with E-state index in [-0.39, 0.29) is 5.91 Å². The molecule has 7 heteroatoms. The van der Waals surface area contributed by atoms with E-state index in [4.69, 9.17) is 13.9 Å². The molecule has 0 bridgehead atoms. The van der Waals surface area contributed by atoms with Gasteiger partial charge in [0.05, 0.1) is 31.7 Å².